The second-order valence-electron chi connectivity index (χ2n) is 4.87. The van der Waals surface area contributed by atoms with Gasteiger partial charge in [0, 0.05) is 18.7 Å². The molecule has 2 rings (SSSR count). The third-order valence-electron chi connectivity index (χ3n) is 3.54. The van der Waals surface area contributed by atoms with Gasteiger partial charge in [-0.2, -0.15) is 0 Å². The van der Waals surface area contributed by atoms with Crippen LogP contribution in [0.5, 0.6) is 11.5 Å². The number of benzene rings is 1. The molecule has 114 valence electrons. The maximum Gasteiger partial charge on any atom is 0.308 e. The van der Waals surface area contributed by atoms with Crippen LogP contribution in [0.3, 0.4) is 0 Å². The number of amides is 1. The molecule has 1 heterocycles. The molecule has 21 heavy (non-hydrogen) atoms. The highest BCUT2D eigenvalue weighted by Gasteiger charge is 2.31. The van der Waals surface area contributed by atoms with Crippen molar-refractivity contribution in [1.82, 2.24) is 4.90 Å². The lowest BCUT2D eigenvalue weighted by molar-refractivity contribution is -0.141. The zero-order valence-electron chi connectivity index (χ0n) is 12.2. The van der Waals surface area contributed by atoms with Crippen LogP contribution in [0, 0.1) is 5.92 Å². The number of carbonyl (C=O) groups excluding carboxylic acids is 1. The molecule has 1 aromatic carbocycles. The largest absolute Gasteiger partial charge is 0.493 e. The lowest BCUT2D eigenvalue weighted by Crippen LogP contribution is -2.29. The van der Waals surface area contributed by atoms with Gasteiger partial charge in [0.2, 0.25) is 0 Å². The maximum absolute atomic E-state index is 12.4. The Labute approximate surface area is 123 Å². The molecule has 1 aliphatic rings. The highest BCUT2D eigenvalue weighted by Crippen LogP contribution is 2.29. The molecule has 1 N–H and O–H groups in total. The number of carboxylic acids is 1. The second kappa shape index (κ2) is 6.47. The van der Waals surface area contributed by atoms with Crippen LogP contribution in [-0.4, -0.2) is 48.7 Å². The minimum absolute atomic E-state index is 0.178. The first kappa shape index (κ1) is 15.2. The van der Waals surface area contributed by atoms with Crippen LogP contribution in [0.25, 0.3) is 0 Å². The average molecular weight is 293 g/mol. The van der Waals surface area contributed by atoms with Gasteiger partial charge in [0.25, 0.3) is 5.91 Å². The molecule has 0 saturated carbocycles. The Hall–Kier alpha value is -2.24. The van der Waals surface area contributed by atoms with Gasteiger partial charge < -0.3 is 19.5 Å². The van der Waals surface area contributed by atoms with Crippen LogP contribution < -0.4 is 9.47 Å². The Balaban J connectivity index is 2.16. The Morgan fingerprint density at radius 2 is 2.14 bits per heavy atom. The molecule has 0 unspecified atom stereocenters. The summed E-state index contributed by atoms with van der Waals surface area (Å²) in [6, 6.07) is 4.99. The van der Waals surface area contributed by atoms with Crippen molar-refractivity contribution in [2.24, 2.45) is 5.92 Å². The van der Waals surface area contributed by atoms with Crippen molar-refractivity contribution in [1.29, 1.82) is 0 Å². The van der Waals surface area contributed by atoms with E-state index in [2.05, 4.69) is 0 Å². The van der Waals surface area contributed by atoms with E-state index >= 15 is 0 Å². The van der Waals surface area contributed by atoms with Gasteiger partial charge in [-0.15, -0.1) is 0 Å². The van der Waals surface area contributed by atoms with Crippen LogP contribution >= 0.6 is 0 Å². The van der Waals surface area contributed by atoms with Crippen molar-refractivity contribution in [3.8, 4) is 11.5 Å². The summed E-state index contributed by atoms with van der Waals surface area (Å²) in [5.74, 6) is -0.422. The van der Waals surface area contributed by atoms with Crippen molar-refractivity contribution in [3.05, 3.63) is 23.8 Å². The third kappa shape index (κ3) is 3.26. The summed E-state index contributed by atoms with van der Waals surface area (Å²) < 4.78 is 10.6. The fraction of sp³-hybridized carbons (Fsp3) is 0.467. The van der Waals surface area contributed by atoms with Crippen LogP contribution in [0.15, 0.2) is 18.2 Å². The minimum Gasteiger partial charge on any atom is -0.493 e. The van der Waals surface area contributed by atoms with E-state index in [-0.39, 0.29) is 12.5 Å². The van der Waals surface area contributed by atoms with Gasteiger partial charge in [-0.1, -0.05) is 0 Å². The molecule has 1 aliphatic heterocycles. The first-order valence-corrected chi connectivity index (χ1v) is 6.89. The summed E-state index contributed by atoms with van der Waals surface area (Å²) in [5, 5.41) is 8.99. The Morgan fingerprint density at radius 1 is 1.38 bits per heavy atom. The minimum atomic E-state index is -0.852. The van der Waals surface area contributed by atoms with Crippen LogP contribution in [0.2, 0.25) is 0 Å². The van der Waals surface area contributed by atoms with E-state index in [1.165, 1.54) is 7.11 Å². The lowest BCUT2D eigenvalue weighted by Gasteiger charge is -2.17. The fourth-order valence-corrected chi connectivity index (χ4v) is 2.41. The predicted octanol–water partition coefficient (Wildman–Crippen LogP) is 1.64. The molecular weight excluding hydrogens is 274 g/mol. The number of hydrogen-bond donors (Lipinski definition) is 1. The standard InChI is InChI=1S/C15H19NO5/c1-3-21-13-8-10(4-5-12(13)20-2)14(17)16-7-6-11(9-16)15(18)19/h4-5,8,11H,3,6-7,9H2,1-2H3,(H,18,19)/t11-/m1/s1. The van der Waals surface area contributed by atoms with E-state index in [4.69, 9.17) is 14.6 Å². The van der Waals surface area contributed by atoms with Gasteiger partial charge in [0.1, 0.15) is 0 Å². The quantitative estimate of drug-likeness (QED) is 0.893. The zero-order chi connectivity index (χ0) is 15.4. The highest BCUT2D eigenvalue weighted by molar-refractivity contribution is 5.95. The van der Waals surface area contributed by atoms with Crippen LogP contribution in [-0.2, 0) is 4.79 Å². The summed E-state index contributed by atoms with van der Waals surface area (Å²) in [7, 11) is 1.54. The normalized spacial score (nSPS) is 17.6. The van der Waals surface area contributed by atoms with Crippen molar-refractivity contribution < 1.29 is 24.2 Å². The molecule has 0 radical (unpaired) electrons. The smallest absolute Gasteiger partial charge is 0.308 e. The lowest BCUT2D eigenvalue weighted by atomic mass is 10.1. The van der Waals surface area contributed by atoms with E-state index in [1.54, 1.807) is 23.1 Å². The molecule has 1 amide bonds. The van der Waals surface area contributed by atoms with E-state index in [1.807, 2.05) is 6.92 Å². The van der Waals surface area contributed by atoms with E-state index in [0.29, 0.717) is 36.6 Å². The summed E-state index contributed by atoms with van der Waals surface area (Å²) in [6.45, 7) is 3.04. The molecule has 1 saturated heterocycles. The van der Waals surface area contributed by atoms with Crippen molar-refractivity contribution in [2.45, 2.75) is 13.3 Å². The number of methoxy groups -OCH3 is 1. The number of nitrogens with zero attached hydrogens (tertiary/aromatic N) is 1. The summed E-state index contributed by atoms with van der Waals surface area (Å²) in [6.07, 6.45) is 0.496. The zero-order valence-corrected chi connectivity index (χ0v) is 12.2. The van der Waals surface area contributed by atoms with Crippen molar-refractivity contribution in [2.75, 3.05) is 26.8 Å². The maximum atomic E-state index is 12.4. The number of rotatable bonds is 5. The SMILES string of the molecule is CCOc1cc(C(=O)N2CC[C@@H](C(=O)O)C2)ccc1OC. The topological polar surface area (TPSA) is 76.1 Å². The van der Waals surface area contributed by atoms with E-state index < -0.39 is 11.9 Å². The molecule has 0 spiro atoms. The van der Waals surface area contributed by atoms with E-state index in [0.717, 1.165) is 0 Å². The monoisotopic (exact) mass is 293 g/mol. The Bertz CT molecular complexity index is 543. The number of ether oxygens (including phenoxy) is 2. The summed E-state index contributed by atoms with van der Waals surface area (Å²) in [4.78, 5) is 24.9. The predicted molar refractivity (Wildman–Crippen MR) is 75.8 cm³/mol. The average Bonchev–Trinajstić information content (AvgIpc) is 2.97. The summed E-state index contributed by atoms with van der Waals surface area (Å²) >= 11 is 0. The molecule has 1 atom stereocenters. The van der Waals surface area contributed by atoms with E-state index in [9.17, 15) is 9.59 Å². The molecule has 6 nitrogen and oxygen atoms in total. The van der Waals surface area contributed by atoms with Gasteiger partial charge in [-0.05, 0) is 31.5 Å². The molecule has 0 bridgehead atoms. The van der Waals surface area contributed by atoms with Crippen LogP contribution in [0.1, 0.15) is 23.7 Å². The van der Waals surface area contributed by atoms with Gasteiger partial charge in [-0.3, -0.25) is 9.59 Å². The highest BCUT2D eigenvalue weighted by atomic mass is 16.5. The fourth-order valence-electron chi connectivity index (χ4n) is 2.41. The summed E-state index contributed by atoms with van der Waals surface area (Å²) in [5.41, 5.74) is 0.477. The molecule has 0 aromatic heterocycles. The van der Waals surface area contributed by atoms with Crippen LogP contribution in [0.4, 0.5) is 0 Å². The van der Waals surface area contributed by atoms with Gasteiger partial charge >= 0.3 is 5.97 Å². The van der Waals surface area contributed by atoms with Crippen molar-refractivity contribution in [3.63, 3.8) is 0 Å². The molecular formula is C15H19NO5. The van der Waals surface area contributed by atoms with Crippen molar-refractivity contribution >= 4 is 11.9 Å². The molecule has 6 heteroatoms. The number of carbonyl (C=O) groups is 2. The first-order valence-electron chi connectivity index (χ1n) is 6.89. The number of aliphatic carboxylic acids is 1. The number of carboxylic acid groups (broad SMARTS) is 1. The van der Waals surface area contributed by atoms with Gasteiger partial charge in [0.05, 0.1) is 19.6 Å². The van der Waals surface area contributed by atoms with Gasteiger partial charge in [-0.25, -0.2) is 0 Å². The Kier molecular flexibility index (Phi) is 4.67. The Morgan fingerprint density at radius 3 is 2.71 bits per heavy atom. The number of likely N-dealkylation sites (tertiary alicyclic amines) is 1. The third-order valence-corrected chi connectivity index (χ3v) is 3.54. The second-order valence-corrected chi connectivity index (χ2v) is 4.87. The molecule has 1 fully saturated rings. The molecule has 0 aliphatic carbocycles. The van der Waals surface area contributed by atoms with Gasteiger partial charge in [0.15, 0.2) is 11.5 Å². The first-order chi connectivity index (χ1) is 10.1. The molecule has 1 aromatic rings. The number of hydrogen-bond acceptors (Lipinski definition) is 4.